The van der Waals surface area contributed by atoms with Crippen LogP contribution < -0.4 is 5.32 Å². The minimum atomic E-state index is -0.0257. The van der Waals surface area contributed by atoms with Gasteiger partial charge in [0.15, 0.2) is 0 Å². The van der Waals surface area contributed by atoms with Gasteiger partial charge in [0.25, 0.3) is 5.91 Å². The second-order valence-corrected chi connectivity index (χ2v) is 5.83. The van der Waals surface area contributed by atoms with Crippen LogP contribution >= 0.6 is 27.7 Å². The highest BCUT2D eigenvalue weighted by Gasteiger charge is 2.04. The maximum absolute atomic E-state index is 11.8. The van der Waals surface area contributed by atoms with E-state index in [1.807, 2.05) is 11.8 Å². The van der Waals surface area contributed by atoms with Gasteiger partial charge in [-0.3, -0.25) is 4.79 Å². The largest absolute Gasteiger partial charge is 0.352 e. The third kappa shape index (κ3) is 6.40. The average molecular weight is 331 g/mol. The Hall–Kier alpha value is -0.550. The summed E-state index contributed by atoms with van der Waals surface area (Å²) in [5.41, 5.74) is 0.652. The van der Waals surface area contributed by atoms with Crippen LogP contribution in [0.25, 0.3) is 0 Å². The molecule has 1 aromatic rings. The maximum atomic E-state index is 11.8. The number of carbonyl (C=O) groups excluding carboxylic acids is 1. The highest BCUT2D eigenvalue weighted by molar-refractivity contribution is 9.10. The Morgan fingerprint density at radius 1 is 1.39 bits per heavy atom. The molecule has 0 aliphatic rings. The van der Waals surface area contributed by atoms with Crippen LogP contribution in [0.3, 0.4) is 0 Å². The number of aromatic nitrogens is 1. The Morgan fingerprint density at radius 3 is 2.89 bits per heavy atom. The van der Waals surface area contributed by atoms with Gasteiger partial charge in [-0.2, -0.15) is 11.8 Å². The molecule has 0 spiro atoms. The van der Waals surface area contributed by atoms with Crippen LogP contribution in [0.2, 0.25) is 0 Å². The molecule has 0 saturated heterocycles. The minimum absolute atomic E-state index is 0.0257. The summed E-state index contributed by atoms with van der Waals surface area (Å²) in [7, 11) is 0. The second kappa shape index (κ2) is 9.39. The fourth-order valence-corrected chi connectivity index (χ4v) is 2.43. The molecule has 0 aromatic carbocycles. The van der Waals surface area contributed by atoms with Crippen molar-refractivity contribution in [3.8, 4) is 0 Å². The van der Waals surface area contributed by atoms with Gasteiger partial charge in [0, 0.05) is 18.3 Å². The number of thioether (sulfide) groups is 1. The monoisotopic (exact) mass is 330 g/mol. The van der Waals surface area contributed by atoms with Crippen molar-refractivity contribution in [3.63, 3.8) is 0 Å². The molecule has 0 fully saturated rings. The molecule has 0 aliphatic heterocycles. The third-order valence-electron chi connectivity index (χ3n) is 2.55. The van der Waals surface area contributed by atoms with Crippen LogP contribution in [-0.2, 0) is 0 Å². The van der Waals surface area contributed by atoms with Crippen LogP contribution in [0.15, 0.2) is 22.9 Å². The van der Waals surface area contributed by atoms with Crippen LogP contribution in [-0.4, -0.2) is 29.4 Å². The lowest BCUT2D eigenvalue weighted by atomic mass is 10.2. The quantitative estimate of drug-likeness (QED) is 0.586. The summed E-state index contributed by atoms with van der Waals surface area (Å²) in [5, 5.41) is 2.92. The second-order valence-electron chi connectivity index (χ2n) is 4.03. The molecule has 100 valence electrons. The van der Waals surface area contributed by atoms with E-state index in [0.717, 1.165) is 13.0 Å². The lowest BCUT2D eigenvalue weighted by Crippen LogP contribution is -2.24. The van der Waals surface area contributed by atoms with Gasteiger partial charge in [-0.25, -0.2) is 4.98 Å². The van der Waals surface area contributed by atoms with Crippen molar-refractivity contribution in [2.45, 2.75) is 25.7 Å². The minimum Gasteiger partial charge on any atom is -0.352 e. The zero-order valence-electron chi connectivity index (χ0n) is 10.6. The molecule has 0 radical (unpaired) electrons. The fourth-order valence-electron chi connectivity index (χ4n) is 1.57. The fraction of sp³-hybridized carbons (Fsp3) is 0.538. The molecule has 0 aliphatic carbocycles. The molecule has 5 heteroatoms. The van der Waals surface area contributed by atoms with E-state index in [2.05, 4.69) is 32.5 Å². The summed E-state index contributed by atoms with van der Waals surface area (Å²) in [5.74, 6) is 1.21. The van der Waals surface area contributed by atoms with E-state index in [9.17, 15) is 4.79 Å². The first-order chi connectivity index (χ1) is 8.74. The molecular weight excluding hydrogens is 312 g/mol. The van der Waals surface area contributed by atoms with E-state index in [1.165, 1.54) is 25.0 Å². The molecule has 0 bridgehead atoms. The number of halogens is 1. The van der Waals surface area contributed by atoms with Gasteiger partial charge in [0.2, 0.25) is 0 Å². The highest BCUT2D eigenvalue weighted by Crippen LogP contribution is 2.08. The summed E-state index contributed by atoms with van der Waals surface area (Å²) in [6, 6.07) is 3.45. The van der Waals surface area contributed by atoms with Crippen LogP contribution in [0.4, 0.5) is 0 Å². The first-order valence-corrected chi connectivity index (χ1v) is 8.31. The molecular formula is C13H19BrN2OS. The Bertz CT molecular complexity index is 374. The normalized spacial score (nSPS) is 10.3. The van der Waals surface area contributed by atoms with E-state index in [0.29, 0.717) is 10.2 Å². The summed E-state index contributed by atoms with van der Waals surface area (Å²) >= 11 is 5.14. The summed E-state index contributed by atoms with van der Waals surface area (Å²) in [4.78, 5) is 15.8. The number of amides is 1. The number of unbranched alkanes of at least 4 members (excludes halogenated alkanes) is 3. The predicted molar refractivity (Wildman–Crippen MR) is 81.1 cm³/mol. The molecule has 1 heterocycles. The number of hydrogen-bond acceptors (Lipinski definition) is 3. The van der Waals surface area contributed by atoms with Crippen molar-refractivity contribution in [1.29, 1.82) is 0 Å². The van der Waals surface area contributed by atoms with E-state index >= 15 is 0 Å². The van der Waals surface area contributed by atoms with E-state index < -0.39 is 0 Å². The van der Waals surface area contributed by atoms with Crippen LogP contribution in [0, 0.1) is 0 Å². The van der Waals surface area contributed by atoms with Gasteiger partial charge >= 0.3 is 0 Å². The van der Waals surface area contributed by atoms with Gasteiger partial charge in [-0.15, -0.1) is 0 Å². The number of carbonyl (C=O) groups is 1. The number of hydrogen-bond donors (Lipinski definition) is 1. The molecule has 3 nitrogen and oxygen atoms in total. The van der Waals surface area contributed by atoms with Crippen molar-refractivity contribution in [1.82, 2.24) is 10.3 Å². The van der Waals surface area contributed by atoms with Crippen molar-refractivity contribution >= 4 is 33.6 Å². The van der Waals surface area contributed by atoms with Gasteiger partial charge in [-0.1, -0.05) is 12.8 Å². The summed E-state index contributed by atoms with van der Waals surface area (Å²) in [6.07, 6.45) is 8.51. The van der Waals surface area contributed by atoms with Crippen molar-refractivity contribution in [3.05, 3.63) is 28.5 Å². The number of nitrogens with zero attached hydrogens (tertiary/aromatic N) is 1. The van der Waals surface area contributed by atoms with E-state index in [-0.39, 0.29) is 5.91 Å². The third-order valence-corrected chi connectivity index (χ3v) is 3.68. The molecule has 1 N–H and O–H groups in total. The summed E-state index contributed by atoms with van der Waals surface area (Å²) in [6.45, 7) is 0.748. The zero-order chi connectivity index (χ0) is 13.2. The number of nitrogens with one attached hydrogen (secondary N) is 1. The Labute approximate surface area is 121 Å². The number of pyridine rings is 1. The molecule has 18 heavy (non-hydrogen) atoms. The molecule has 1 rings (SSSR count). The first-order valence-electron chi connectivity index (χ1n) is 6.12. The average Bonchev–Trinajstić information content (AvgIpc) is 2.37. The lowest BCUT2D eigenvalue weighted by Gasteiger charge is -2.05. The van der Waals surface area contributed by atoms with Crippen molar-refractivity contribution in [2.24, 2.45) is 0 Å². The van der Waals surface area contributed by atoms with E-state index in [4.69, 9.17) is 0 Å². The Balaban J connectivity index is 2.14. The smallest absolute Gasteiger partial charge is 0.251 e. The predicted octanol–water partition coefficient (Wildman–Crippen LogP) is 3.50. The SMILES string of the molecule is CSCCCCCCNC(=O)c1ccnc(Br)c1. The van der Waals surface area contributed by atoms with Crippen LogP contribution in [0.1, 0.15) is 36.0 Å². The van der Waals surface area contributed by atoms with E-state index in [1.54, 1.807) is 18.3 Å². The number of rotatable bonds is 8. The van der Waals surface area contributed by atoms with Crippen molar-refractivity contribution < 1.29 is 4.79 Å². The van der Waals surface area contributed by atoms with Gasteiger partial charge in [0.05, 0.1) is 0 Å². The first kappa shape index (κ1) is 15.5. The zero-order valence-corrected chi connectivity index (χ0v) is 13.0. The Morgan fingerprint density at radius 2 is 2.17 bits per heavy atom. The standard InChI is InChI=1S/C13H19BrN2OS/c1-18-9-5-3-2-4-7-16-13(17)11-6-8-15-12(14)10-11/h6,8,10H,2-5,7,9H2,1H3,(H,16,17). The van der Waals surface area contributed by atoms with Crippen molar-refractivity contribution in [2.75, 3.05) is 18.6 Å². The molecule has 0 unspecified atom stereocenters. The van der Waals surface area contributed by atoms with Gasteiger partial charge < -0.3 is 5.32 Å². The molecule has 1 aromatic heterocycles. The summed E-state index contributed by atoms with van der Waals surface area (Å²) < 4.78 is 0.687. The molecule has 0 saturated carbocycles. The lowest BCUT2D eigenvalue weighted by molar-refractivity contribution is 0.0952. The van der Waals surface area contributed by atoms with Gasteiger partial charge in [-0.05, 0) is 52.9 Å². The van der Waals surface area contributed by atoms with Crippen LogP contribution in [0.5, 0.6) is 0 Å². The molecule has 0 atom stereocenters. The highest BCUT2D eigenvalue weighted by atomic mass is 79.9. The topological polar surface area (TPSA) is 42.0 Å². The maximum Gasteiger partial charge on any atom is 0.251 e. The Kier molecular flexibility index (Phi) is 8.09. The van der Waals surface area contributed by atoms with Gasteiger partial charge in [0.1, 0.15) is 4.60 Å². The molecule has 1 amide bonds.